The Kier molecular flexibility index (Phi) is 11.5. The first-order valence-corrected chi connectivity index (χ1v) is 17.8. The van der Waals surface area contributed by atoms with Crippen LogP contribution in [0.4, 0.5) is 11.4 Å². The number of carboxylic acids is 1. The number of nitrogens with one attached hydrogen (secondary N) is 2. The second-order valence-corrected chi connectivity index (χ2v) is 14.7. The van der Waals surface area contributed by atoms with Gasteiger partial charge in [-0.25, -0.2) is 0 Å². The predicted octanol–water partition coefficient (Wildman–Crippen LogP) is 3.01. The van der Waals surface area contributed by atoms with Crippen molar-refractivity contribution in [2.45, 2.75) is 25.0 Å². The summed E-state index contributed by atoms with van der Waals surface area (Å²) in [6.07, 6.45) is 0.843. The number of likely N-dealkylation sites (N-methyl/N-ethyl adjacent to an activating group) is 1. The van der Waals surface area contributed by atoms with Crippen molar-refractivity contribution in [2.75, 3.05) is 35.4 Å². The predicted molar refractivity (Wildman–Crippen MR) is 126 cm³/mol. The number of ether oxygens (including phenoxy) is 1. The number of benzene rings is 2. The summed E-state index contributed by atoms with van der Waals surface area (Å²) in [4.78, 5) is 11.1. The number of aliphatic carboxylic acids is 1. The Labute approximate surface area is 198 Å². The van der Waals surface area contributed by atoms with Gasteiger partial charge >= 0.3 is 176 Å². The van der Waals surface area contributed by atoms with Gasteiger partial charge in [0.2, 0.25) is 0 Å². The van der Waals surface area contributed by atoms with Crippen LogP contribution in [0.25, 0.3) is 0 Å². The molecule has 0 heterocycles. The molecule has 0 aliphatic rings. The van der Waals surface area contributed by atoms with Crippen molar-refractivity contribution in [1.82, 2.24) is 4.90 Å². The van der Waals surface area contributed by atoms with E-state index >= 15 is 0 Å². The summed E-state index contributed by atoms with van der Waals surface area (Å²) in [5.41, 5.74) is 2.24. The van der Waals surface area contributed by atoms with E-state index in [1.165, 1.54) is 11.6 Å². The Morgan fingerprint density at radius 1 is 0.879 bits per heavy atom. The standard InChI is InChI=1S/C19H27N3O5Se2.C2H4O2/c1-22(13-12-16-4-6-17(7-5-16)20-28(2,23)24)14-15-27-19-10-8-18(9-11-19)21-29(3,25)26;1-2(3)4/h4-11,20-21H,12-15H2,1-3H3;1H3,(H,3,4). The second kappa shape index (κ2) is 13.3. The van der Waals surface area contributed by atoms with E-state index < -0.39 is 31.8 Å². The molecular formula is C21H31N3O7Se2. The number of carbonyl (C=O) groups is 1. The molecule has 0 aliphatic heterocycles. The van der Waals surface area contributed by atoms with Gasteiger partial charge in [0.25, 0.3) is 5.97 Å². The van der Waals surface area contributed by atoms with Crippen molar-refractivity contribution in [2.24, 2.45) is 0 Å². The second-order valence-electron chi connectivity index (χ2n) is 7.39. The zero-order valence-electron chi connectivity index (χ0n) is 19.1. The quantitative estimate of drug-likeness (QED) is 0.332. The van der Waals surface area contributed by atoms with Gasteiger partial charge in [-0.1, -0.05) is 0 Å². The Hall–Kier alpha value is -2.49. The monoisotopic (exact) mass is 597 g/mol. The van der Waals surface area contributed by atoms with E-state index in [0.29, 0.717) is 23.7 Å². The first-order valence-electron chi connectivity index (χ1n) is 9.89. The van der Waals surface area contributed by atoms with E-state index in [0.717, 1.165) is 32.0 Å². The topological polar surface area (TPSA) is 142 Å². The van der Waals surface area contributed by atoms with Crippen LogP contribution in [-0.2, 0) is 26.6 Å². The number of hydrogen-bond donors (Lipinski definition) is 3. The van der Waals surface area contributed by atoms with E-state index in [-0.39, 0.29) is 0 Å². The summed E-state index contributed by atoms with van der Waals surface area (Å²) in [5, 5.41) is 7.42. The van der Waals surface area contributed by atoms with Gasteiger partial charge in [-0.2, -0.15) is 0 Å². The molecule has 0 atom stereocenters. The molecule has 12 heteroatoms. The molecule has 0 fully saturated rings. The van der Waals surface area contributed by atoms with Crippen molar-refractivity contribution >= 4 is 43.2 Å². The molecule has 0 aromatic heterocycles. The van der Waals surface area contributed by atoms with Crippen LogP contribution in [0, 0.1) is 0 Å². The summed E-state index contributed by atoms with van der Waals surface area (Å²) in [5.74, 6) is 2.23. The van der Waals surface area contributed by atoms with Crippen LogP contribution >= 0.6 is 0 Å². The maximum atomic E-state index is 11.3. The van der Waals surface area contributed by atoms with E-state index in [4.69, 9.17) is 14.6 Å². The first kappa shape index (κ1) is 28.5. The Balaban J connectivity index is 0.00000125. The third kappa shape index (κ3) is 15.1. The van der Waals surface area contributed by atoms with E-state index in [1.807, 2.05) is 19.2 Å². The Morgan fingerprint density at radius 2 is 1.30 bits per heavy atom. The molecule has 33 heavy (non-hydrogen) atoms. The summed E-state index contributed by atoms with van der Waals surface area (Å²) in [6.45, 7) is 3.18. The minimum atomic E-state index is -4.01. The van der Waals surface area contributed by atoms with Gasteiger partial charge in [0.05, 0.1) is 0 Å². The van der Waals surface area contributed by atoms with Crippen LogP contribution in [0.3, 0.4) is 0 Å². The molecule has 2 aromatic carbocycles. The number of anilines is 2. The summed E-state index contributed by atoms with van der Waals surface area (Å²) in [6, 6.07) is 14.2. The molecule has 2 aromatic rings. The normalized spacial score (nSPS) is 11.3. The summed E-state index contributed by atoms with van der Waals surface area (Å²) >= 11 is -7.99. The van der Waals surface area contributed by atoms with Crippen molar-refractivity contribution in [3.8, 4) is 5.75 Å². The van der Waals surface area contributed by atoms with Gasteiger partial charge in [0.15, 0.2) is 0 Å². The molecule has 10 nitrogen and oxygen atoms in total. The van der Waals surface area contributed by atoms with Gasteiger partial charge in [-0.3, -0.25) is 4.79 Å². The van der Waals surface area contributed by atoms with Crippen molar-refractivity contribution in [3.63, 3.8) is 0 Å². The number of nitrogens with zero attached hydrogens (tertiary/aromatic N) is 1. The zero-order chi connectivity index (χ0) is 25.1. The van der Waals surface area contributed by atoms with Gasteiger partial charge in [-0.15, -0.1) is 0 Å². The SMILES string of the molecule is CC(=O)O.CN(CCOc1ccc(N[Se](C)(=O)=O)cc1)CCc1ccc(N[Se](C)(=O)=O)cc1. The average molecular weight is 595 g/mol. The fourth-order valence-electron chi connectivity index (χ4n) is 2.54. The van der Waals surface area contributed by atoms with Gasteiger partial charge in [0, 0.05) is 6.92 Å². The molecule has 0 radical (unpaired) electrons. The first-order chi connectivity index (χ1) is 15.2. The van der Waals surface area contributed by atoms with Gasteiger partial charge < -0.3 is 5.11 Å². The molecule has 0 amide bonds. The number of hydrogen-bond acceptors (Lipinski definition) is 7. The van der Waals surface area contributed by atoms with Crippen LogP contribution in [0.1, 0.15) is 12.5 Å². The summed E-state index contributed by atoms with van der Waals surface area (Å²) in [7, 11) is 2.01. The third-order valence-electron chi connectivity index (χ3n) is 3.94. The molecule has 0 saturated carbocycles. The van der Waals surface area contributed by atoms with E-state index in [2.05, 4.69) is 13.6 Å². The van der Waals surface area contributed by atoms with Gasteiger partial charge in [-0.05, 0) is 0 Å². The molecule has 0 aliphatic carbocycles. The van der Waals surface area contributed by atoms with Crippen LogP contribution < -0.4 is 13.4 Å². The molecular weight excluding hydrogens is 564 g/mol. The Bertz CT molecular complexity index is 1080. The van der Waals surface area contributed by atoms with E-state index in [1.54, 1.807) is 36.4 Å². The van der Waals surface area contributed by atoms with Gasteiger partial charge in [0.1, 0.15) is 0 Å². The molecule has 2 rings (SSSR count). The van der Waals surface area contributed by atoms with Crippen LogP contribution in [0.5, 0.6) is 5.75 Å². The number of rotatable bonds is 11. The Morgan fingerprint density at radius 3 is 1.73 bits per heavy atom. The molecule has 184 valence electrons. The molecule has 0 bridgehead atoms. The van der Waals surface area contributed by atoms with E-state index in [9.17, 15) is 15.3 Å². The van der Waals surface area contributed by atoms with Crippen molar-refractivity contribution < 1.29 is 30.0 Å². The number of carboxylic acid groups (broad SMARTS) is 1. The van der Waals surface area contributed by atoms with Crippen molar-refractivity contribution in [1.29, 1.82) is 0 Å². The average Bonchev–Trinajstić information content (AvgIpc) is 2.66. The zero-order valence-corrected chi connectivity index (χ0v) is 22.5. The van der Waals surface area contributed by atoms with Crippen LogP contribution in [0.2, 0.25) is 11.6 Å². The van der Waals surface area contributed by atoms with Crippen LogP contribution in [0.15, 0.2) is 48.5 Å². The third-order valence-corrected chi connectivity index (χ3v) is 6.48. The summed E-state index contributed by atoms with van der Waals surface area (Å²) < 4.78 is 55.8. The molecule has 0 saturated heterocycles. The molecule has 0 unspecified atom stereocenters. The van der Waals surface area contributed by atoms with Crippen molar-refractivity contribution in [3.05, 3.63) is 54.1 Å². The molecule has 0 spiro atoms. The fourth-order valence-corrected chi connectivity index (χ4v) is 4.91. The van der Waals surface area contributed by atoms with Crippen LogP contribution in [-0.4, -0.2) is 68.6 Å². The maximum absolute atomic E-state index is 11.3. The fraction of sp³-hybridized carbons (Fsp3) is 0.381. The molecule has 3 N–H and O–H groups in total. The minimum absolute atomic E-state index is 0.513.